The van der Waals surface area contributed by atoms with Gasteiger partial charge < -0.3 is 19.6 Å². The van der Waals surface area contributed by atoms with E-state index in [9.17, 15) is 19.6 Å². The second-order valence-corrected chi connectivity index (χ2v) is 13.3. The van der Waals surface area contributed by atoms with E-state index in [1.165, 1.54) is 34.4 Å². The molecule has 5 rings (SSSR count). The van der Waals surface area contributed by atoms with Crippen molar-refractivity contribution in [1.82, 2.24) is 14.9 Å². The lowest BCUT2D eigenvalue weighted by molar-refractivity contribution is 0.00704. The van der Waals surface area contributed by atoms with E-state index in [1.54, 1.807) is 40.0 Å². The van der Waals surface area contributed by atoms with E-state index in [4.69, 9.17) is 9.72 Å². The first-order chi connectivity index (χ1) is 21.3. The standard InChI is InChI=1S/C33H36F2N6O3S/c1-19(2)26-15-27(39(6)31-38-29(28(16-36)45-31)20-7-9-21(34)10-8-20)24-13-22(14-25(35)30(24)37-26)40-11-12-41(23(17-40)18-42)32(43)44-33(3,4)5/h7-10,13-15,19,23,42H,11-12,17-18H2,1-6H3/t23-/m0/s1. The summed E-state index contributed by atoms with van der Waals surface area (Å²) in [5, 5.41) is 21.1. The highest BCUT2D eigenvalue weighted by atomic mass is 32.1. The molecule has 1 aliphatic heterocycles. The number of hydrogen-bond acceptors (Lipinski definition) is 9. The zero-order valence-corrected chi connectivity index (χ0v) is 27.0. The molecule has 4 aromatic rings. The molecule has 1 aliphatic rings. The number of halogens is 2. The van der Waals surface area contributed by atoms with Gasteiger partial charge in [0.25, 0.3) is 0 Å². The summed E-state index contributed by atoms with van der Waals surface area (Å²) >= 11 is 1.19. The van der Waals surface area contributed by atoms with Crippen LogP contribution in [0.5, 0.6) is 0 Å². The van der Waals surface area contributed by atoms with Gasteiger partial charge in [-0.2, -0.15) is 5.26 Å². The quantitative estimate of drug-likeness (QED) is 0.246. The number of rotatable bonds is 6. The third kappa shape index (κ3) is 6.70. The van der Waals surface area contributed by atoms with Crippen LogP contribution in [-0.4, -0.2) is 71.0 Å². The van der Waals surface area contributed by atoms with Gasteiger partial charge in [0, 0.05) is 49.0 Å². The van der Waals surface area contributed by atoms with Gasteiger partial charge in [0.1, 0.15) is 33.6 Å². The average Bonchev–Trinajstić information content (AvgIpc) is 3.44. The molecule has 1 fully saturated rings. The zero-order valence-electron chi connectivity index (χ0n) is 26.1. The SMILES string of the molecule is CC(C)c1cc(N(C)c2nc(-c3ccc(F)cc3)c(C#N)s2)c2cc(N3CCN(C(=O)OC(C)(C)C)[C@H](CO)C3)cc(F)c2n1. The van der Waals surface area contributed by atoms with Gasteiger partial charge in [-0.3, -0.25) is 4.90 Å². The molecule has 0 radical (unpaired) electrons. The van der Waals surface area contributed by atoms with Gasteiger partial charge in [0.15, 0.2) is 10.9 Å². The number of hydrogen-bond donors (Lipinski definition) is 1. The molecule has 2 aromatic heterocycles. The number of fused-ring (bicyclic) bond motifs is 1. The van der Waals surface area contributed by atoms with E-state index in [2.05, 4.69) is 11.1 Å². The number of aliphatic hydroxyl groups is 1. The number of aromatic nitrogens is 2. The molecule has 0 spiro atoms. The van der Waals surface area contributed by atoms with Crippen molar-refractivity contribution >= 4 is 44.8 Å². The molecular formula is C33H36F2N6O3S. The second kappa shape index (κ2) is 12.6. The molecule has 9 nitrogen and oxygen atoms in total. The first kappa shape index (κ1) is 32.1. The van der Waals surface area contributed by atoms with Crippen LogP contribution in [0, 0.1) is 23.0 Å². The predicted octanol–water partition coefficient (Wildman–Crippen LogP) is 6.82. The summed E-state index contributed by atoms with van der Waals surface area (Å²) in [6.07, 6.45) is -0.500. The lowest BCUT2D eigenvalue weighted by atomic mass is 10.0. The van der Waals surface area contributed by atoms with Crippen LogP contribution < -0.4 is 9.80 Å². The van der Waals surface area contributed by atoms with Gasteiger partial charge in [0.2, 0.25) is 0 Å². The molecule has 3 heterocycles. The van der Waals surface area contributed by atoms with Crippen molar-refractivity contribution in [2.45, 2.75) is 52.2 Å². The minimum Gasteiger partial charge on any atom is -0.444 e. The maximum absolute atomic E-state index is 15.9. The van der Waals surface area contributed by atoms with E-state index in [-0.39, 0.29) is 30.4 Å². The van der Waals surface area contributed by atoms with Crippen LogP contribution in [0.1, 0.15) is 51.1 Å². The van der Waals surface area contributed by atoms with Crippen molar-refractivity contribution in [3.63, 3.8) is 0 Å². The van der Waals surface area contributed by atoms with Crippen LogP contribution in [0.4, 0.5) is 30.1 Å². The summed E-state index contributed by atoms with van der Waals surface area (Å²) in [6.45, 7) is 10.0. The Bertz CT molecular complexity index is 1760. The molecule has 0 unspecified atom stereocenters. The predicted molar refractivity (Wildman–Crippen MR) is 172 cm³/mol. The fraction of sp³-hybridized carbons (Fsp3) is 0.394. The smallest absolute Gasteiger partial charge is 0.410 e. The molecule has 0 aliphatic carbocycles. The number of ether oxygens (including phenoxy) is 1. The summed E-state index contributed by atoms with van der Waals surface area (Å²) in [5.41, 5.74) is 2.51. The third-order valence-electron chi connectivity index (χ3n) is 7.61. The highest BCUT2D eigenvalue weighted by Gasteiger charge is 2.33. The van der Waals surface area contributed by atoms with Gasteiger partial charge in [-0.05, 0) is 69.2 Å². The number of thiazole rings is 1. The summed E-state index contributed by atoms with van der Waals surface area (Å²) in [6, 6.07) is 12.7. The zero-order chi connectivity index (χ0) is 32.6. The number of aliphatic hydroxyl groups excluding tert-OH is 1. The fourth-order valence-corrected chi connectivity index (χ4v) is 6.13. The molecule has 1 N–H and O–H groups in total. The Morgan fingerprint density at radius 3 is 2.51 bits per heavy atom. The number of nitriles is 1. The van der Waals surface area contributed by atoms with Gasteiger partial charge >= 0.3 is 6.09 Å². The second-order valence-electron chi connectivity index (χ2n) is 12.4. The number of anilines is 3. The lowest BCUT2D eigenvalue weighted by Crippen LogP contribution is -2.57. The van der Waals surface area contributed by atoms with E-state index >= 15 is 4.39 Å². The molecule has 236 valence electrons. The van der Waals surface area contributed by atoms with Crippen molar-refractivity contribution in [2.24, 2.45) is 0 Å². The Balaban J connectivity index is 1.55. The van der Waals surface area contributed by atoms with Crippen LogP contribution in [0.2, 0.25) is 0 Å². The van der Waals surface area contributed by atoms with Crippen molar-refractivity contribution in [1.29, 1.82) is 5.26 Å². The molecule has 1 saturated heterocycles. The monoisotopic (exact) mass is 634 g/mol. The van der Waals surface area contributed by atoms with Gasteiger partial charge in [-0.1, -0.05) is 25.2 Å². The molecule has 1 atom stereocenters. The van der Waals surface area contributed by atoms with E-state index in [0.717, 1.165) is 0 Å². The molecule has 2 aromatic carbocycles. The van der Waals surface area contributed by atoms with Crippen LogP contribution >= 0.6 is 11.3 Å². The van der Waals surface area contributed by atoms with Crippen LogP contribution in [0.25, 0.3) is 22.2 Å². The summed E-state index contributed by atoms with van der Waals surface area (Å²) in [4.78, 5) is 27.8. The third-order valence-corrected chi connectivity index (χ3v) is 8.65. The largest absolute Gasteiger partial charge is 0.444 e. The number of carbonyl (C=O) groups is 1. The Morgan fingerprint density at radius 1 is 1.18 bits per heavy atom. The lowest BCUT2D eigenvalue weighted by Gasteiger charge is -2.42. The van der Waals surface area contributed by atoms with Crippen molar-refractivity contribution in [3.05, 3.63) is 64.7 Å². The minimum atomic E-state index is -0.675. The number of amides is 1. The van der Waals surface area contributed by atoms with E-state index < -0.39 is 23.6 Å². The normalized spacial score (nSPS) is 15.4. The molecular weight excluding hydrogens is 598 g/mol. The highest BCUT2D eigenvalue weighted by molar-refractivity contribution is 7.16. The Morgan fingerprint density at radius 2 is 1.89 bits per heavy atom. The molecule has 0 bridgehead atoms. The number of piperazine rings is 1. The molecule has 45 heavy (non-hydrogen) atoms. The van der Waals surface area contributed by atoms with Crippen molar-refractivity contribution < 1.29 is 23.4 Å². The Labute approximate surface area is 265 Å². The average molecular weight is 635 g/mol. The molecule has 12 heteroatoms. The molecule has 1 amide bonds. The summed E-state index contributed by atoms with van der Waals surface area (Å²) in [7, 11) is 1.80. The first-order valence-electron chi connectivity index (χ1n) is 14.7. The topological polar surface area (TPSA) is 106 Å². The first-order valence-corrected chi connectivity index (χ1v) is 15.5. The van der Waals surface area contributed by atoms with Crippen molar-refractivity contribution in [2.75, 3.05) is 43.1 Å². The minimum absolute atomic E-state index is 0.00705. The molecule has 0 saturated carbocycles. The summed E-state index contributed by atoms with van der Waals surface area (Å²) in [5.74, 6) is -0.880. The maximum atomic E-state index is 15.9. The number of pyridine rings is 1. The van der Waals surface area contributed by atoms with Crippen LogP contribution in [-0.2, 0) is 4.74 Å². The van der Waals surface area contributed by atoms with E-state index in [0.29, 0.717) is 56.8 Å². The van der Waals surface area contributed by atoms with E-state index in [1.807, 2.05) is 35.8 Å². The number of carbonyl (C=O) groups excluding carboxylic acids is 1. The van der Waals surface area contributed by atoms with Crippen LogP contribution in [0.15, 0.2) is 42.5 Å². The Kier molecular flexibility index (Phi) is 8.96. The van der Waals surface area contributed by atoms with Gasteiger partial charge in [0.05, 0.1) is 18.3 Å². The van der Waals surface area contributed by atoms with Crippen LogP contribution in [0.3, 0.4) is 0 Å². The number of nitrogens with zero attached hydrogens (tertiary/aromatic N) is 6. The maximum Gasteiger partial charge on any atom is 0.410 e. The number of benzene rings is 2. The highest BCUT2D eigenvalue weighted by Crippen LogP contribution is 2.40. The van der Waals surface area contributed by atoms with Gasteiger partial charge in [-0.25, -0.2) is 23.5 Å². The Hall–Kier alpha value is -4.34. The van der Waals surface area contributed by atoms with Crippen molar-refractivity contribution in [3.8, 4) is 17.3 Å². The summed E-state index contributed by atoms with van der Waals surface area (Å²) < 4.78 is 35.0. The van der Waals surface area contributed by atoms with Gasteiger partial charge in [-0.15, -0.1) is 0 Å². The fourth-order valence-electron chi connectivity index (χ4n) is 5.27.